The number of hydrogen-bond acceptors (Lipinski definition) is 9. The molecule has 10 aromatic rings. The summed E-state index contributed by atoms with van der Waals surface area (Å²) < 4.78 is 31.4. The van der Waals surface area contributed by atoms with E-state index in [-0.39, 0.29) is 59.8 Å². The normalized spacial score (nSPS) is 11.2. The molecule has 0 amide bonds. The smallest absolute Gasteiger partial charge is 0.339 e. The fourth-order valence-corrected chi connectivity index (χ4v) is 9.30. The molecule has 0 fully saturated rings. The lowest BCUT2D eigenvalue weighted by Crippen LogP contribution is -2.13. The molecule has 0 saturated heterocycles. The number of hydrogen-bond donors (Lipinski definition) is 0. The summed E-state index contributed by atoms with van der Waals surface area (Å²) in [6.45, 7) is 1.90. The second-order valence-corrected chi connectivity index (χ2v) is 17.4. The molecule has 0 spiro atoms. The summed E-state index contributed by atoms with van der Waals surface area (Å²) in [6, 6.07) is 54.8. The second kappa shape index (κ2) is 19.5. The number of carbonyl (C=O) groups is 4. The van der Waals surface area contributed by atoms with Gasteiger partial charge in [0, 0.05) is 21.5 Å². The third kappa shape index (κ3) is 9.10. The third-order valence-corrected chi connectivity index (χ3v) is 12.6. The van der Waals surface area contributed by atoms with Gasteiger partial charge in [-0.05, 0) is 109 Å². The average molecular weight is 974 g/mol. The SMILES string of the molecule is Cc1ccc(Oc2cc(C(=O)OCc3ccccc3)c3c(C(=O)OCc4ccccc4)ccc4c5ccc(C(=O)OCc6ccccc6)c6c(C(=O)OCc7ccccc7)ccc(c2c34)c65)c(Br)c1. The number of aryl methyl sites for hydroxylation is 1. The molecule has 0 N–H and O–H groups in total. The summed E-state index contributed by atoms with van der Waals surface area (Å²) in [5.74, 6) is -1.96. The molecule has 338 valence electrons. The Bertz CT molecular complexity index is 3500. The van der Waals surface area contributed by atoms with Crippen molar-refractivity contribution in [2.45, 2.75) is 33.4 Å². The standard InChI is InChI=1S/C59H41BrO9/c1-36-22-29-49(48(60)30-36)69-50-31-47(59(64)68-35-40-20-12-5-13-21-40)53-46(58(63)67-34-39-18-10-4-11-19-39)27-24-42-41-23-26-44(56(61)65-32-37-14-6-2-7-15-37)52-45(28-25-43(51(41)52)54(50)55(42)53)57(62)66-33-38-16-8-3-9-17-38/h2-31H,32-35H2,1H3. The molecule has 0 radical (unpaired) electrons. The molecule has 9 nitrogen and oxygen atoms in total. The van der Waals surface area contributed by atoms with E-state index >= 15 is 0 Å². The zero-order valence-electron chi connectivity index (χ0n) is 37.2. The number of ether oxygens (including phenoxy) is 5. The van der Waals surface area contributed by atoms with Gasteiger partial charge in [0.15, 0.2) is 0 Å². The Labute approximate surface area is 405 Å². The van der Waals surface area contributed by atoms with Crippen molar-refractivity contribution >= 4 is 82.9 Å². The first-order valence-electron chi connectivity index (χ1n) is 22.2. The highest BCUT2D eigenvalue weighted by Crippen LogP contribution is 2.49. The molecule has 69 heavy (non-hydrogen) atoms. The third-order valence-electron chi connectivity index (χ3n) is 12.0. The zero-order chi connectivity index (χ0) is 47.4. The van der Waals surface area contributed by atoms with Gasteiger partial charge in [-0.1, -0.05) is 146 Å². The van der Waals surface area contributed by atoms with Crippen LogP contribution >= 0.6 is 15.9 Å². The zero-order valence-corrected chi connectivity index (χ0v) is 38.8. The van der Waals surface area contributed by atoms with Gasteiger partial charge in [0.05, 0.1) is 26.7 Å². The van der Waals surface area contributed by atoms with E-state index in [2.05, 4.69) is 15.9 Å². The number of fused-ring (bicyclic) bond motifs is 2. The van der Waals surface area contributed by atoms with Crippen LogP contribution in [0.1, 0.15) is 69.2 Å². The number of esters is 4. The van der Waals surface area contributed by atoms with Gasteiger partial charge in [-0.15, -0.1) is 0 Å². The lowest BCUT2D eigenvalue weighted by atomic mass is 9.84. The van der Waals surface area contributed by atoms with Crippen LogP contribution in [0.15, 0.2) is 186 Å². The molecule has 0 atom stereocenters. The van der Waals surface area contributed by atoms with Gasteiger partial charge in [0.1, 0.15) is 37.9 Å². The Morgan fingerprint density at radius 3 is 1.16 bits per heavy atom. The highest BCUT2D eigenvalue weighted by atomic mass is 79.9. The molecule has 10 aromatic carbocycles. The van der Waals surface area contributed by atoms with Crippen molar-refractivity contribution in [2.24, 2.45) is 0 Å². The largest absolute Gasteiger partial charge is 0.457 e. The molecule has 0 aliphatic carbocycles. The Morgan fingerprint density at radius 1 is 0.362 bits per heavy atom. The first kappa shape index (κ1) is 44.5. The highest BCUT2D eigenvalue weighted by molar-refractivity contribution is 9.10. The van der Waals surface area contributed by atoms with Crippen LogP contribution in [0.5, 0.6) is 11.5 Å². The van der Waals surface area contributed by atoms with Crippen LogP contribution in [0.3, 0.4) is 0 Å². The van der Waals surface area contributed by atoms with Crippen LogP contribution in [-0.2, 0) is 45.4 Å². The van der Waals surface area contributed by atoms with E-state index in [1.165, 1.54) is 0 Å². The van der Waals surface area contributed by atoms with Gasteiger partial charge in [0.2, 0.25) is 0 Å². The van der Waals surface area contributed by atoms with Crippen molar-refractivity contribution in [1.82, 2.24) is 0 Å². The summed E-state index contributed by atoms with van der Waals surface area (Å²) in [6.07, 6.45) is 0. The molecule has 0 aromatic heterocycles. The minimum Gasteiger partial charge on any atom is -0.457 e. The minimum absolute atomic E-state index is 0.00570. The van der Waals surface area contributed by atoms with Gasteiger partial charge in [-0.25, -0.2) is 19.2 Å². The van der Waals surface area contributed by atoms with Crippen molar-refractivity contribution in [3.8, 4) is 11.5 Å². The van der Waals surface area contributed by atoms with Gasteiger partial charge >= 0.3 is 23.9 Å². The summed E-state index contributed by atoms with van der Waals surface area (Å²) >= 11 is 3.68. The van der Waals surface area contributed by atoms with Crippen molar-refractivity contribution in [3.05, 3.63) is 237 Å². The number of benzene rings is 10. The first-order valence-corrected chi connectivity index (χ1v) is 23.0. The average Bonchev–Trinajstić information content (AvgIpc) is 3.39. The quantitative estimate of drug-likeness (QED) is 0.0455. The van der Waals surface area contributed by atoms with E-state index in [4.69, 9.17) is 23.7 Å². The molecule has 0 aliphatic heterocycles. The predicted octanol–water partition coefficient (Wildman–Crippen LogP) is 14.0. The number of halogens is 1. The molecule has 10 rings (SSSR count). The lowest BCUT2D eigenvalue weighted by molar-refractivity contribution is 0.0458. The van der Waals surface area contributed by atoms with Crippen molar-refractivity contribution in [2.75, 3.05) is 0 Å². The summed E-state index contributed by atoms with van der Waals surface area (Å²) in [7, 11) is 0. The maximum absolute atomic E-state index is 14.7. The molecule has 0 unspecified atom stereocenters. The van der Waals surface area contributed by atoms with Crippen LogP contribution in [0.2, 0.25) is 0 Å². The van der Waals surface area contributed by atoms with Crippen LogP contribution in [-0.4, -0.2) is 23.9 Å². The summed E-state index contributed by atoms with van der Waals surface area (Å²) in [4.78, 5) is 57.9. The fourth-order valence-electron chi connectivity index (χ4n) is 8.72. The van der Waals surface area contributed by atoms with E-state index in [1.54, 1.807) is 42.5 Å². The van der Waals surface area contributed by atoms with Gasteiger partial charge in [-0.3, -0.25) is 0 Å². The molecular weight excluding hydrogens is 933 g/mol. The number of rotatable bonds is 14. The van der Waals surface area contributed by atoms with Crippen LogP contribution in [0.4, 0.5) is 0 Å². The van der Waals surface area contributed by atoms with Crippen LogP contribution in [0.25, 0.3) is 43.1 Å². The summed E-state index contributed by atoms with van der Waals surface area (Å²) in [5, 5.41) is 3.92. The number of carbonyl (C=O) groups excluding carboxylic acids is 4. The first-order chi connectivity index (χ1) is 33.7. The van der Waals surface area contributed by atoms with Gasteiger partial charge in [0.25, 0.3) is 0 Å². The molecule has 0 bridgehead atoms. The highest BCUT2D eigenvalue weighted by Gasteiger charge is 2.30. The molecule has 0 saturated carbocycles. The Hall–Kier alpha value is -8.34. The van der Waals surface area contributed by atoms with Crippen LogP contribution < -0.4 is 4.74 Å². The Balaban J connectivity index is 1.24. The minimum atomic E-state index is -0.698. The van der Waals surface area contributed by atoms with E-state index in [1.807, 2.05) is 146 Å². The van der Waals surface area contributed by atoms with Gasteiger partial charge < -0.3 is 23.7 Å². The monoisotopic (exact) mass is 972 g/mol. The van der Waals surface area contributed by atoms with Crippen molar-refractivity contribution in [3.63, 3.8) is 0 Å². The molecule has 0 aliphatic rings. The topological polar surface area (TPSA) is 114 Å². The maximum atomic E-state index is 14.7. The predicted molar refractivity (Wildman–Crippen MR) is 269 cm³/mol. The molecular formula is C59H41BrO9. The fraction of sp³-hybridized carbons (Fsp3) is 0.0847. The van der Waals surface area contributed by atoms with Crippen molar-refractivity contribution < 1.29 is 42.9 Å². The molecule has 0 heterocycles. The van der Waals surface area contributed by atoms with E-state index < -0.39 is 23.9 Å². The van der Waals surface area contributed by atoms with E-state index in [0.29, 0.717) is 47.9 Å². The summed E-state index contributed by atoms with van der Waals surface area (Å²) in [5.41, 5.74) is 4.60. The van der Waals surface area contributed by atoms with Crippen molar-refractivity contribution in [1.29, 1.82) is 0 Å². The Morgan fingerprint density at radius 2 is 0.739 bits per heavy atom. The molecule has 10 heteroatoms. The second-order valence-electron chi connectivity index (χ2n) is 16.6. The van der Waals surface area contributed by atoms with E-state index in [9.17, 15) is 19.2 Å². The lowest BCUT2D eigenvalue weighted by Gasteiger charge is -2.22. The van der Waals surface area contributed by atoms with Gasteiger partial charge in [-0.2, -0.15) is 0 Å². The maximum Gasteiger partial charge on any atom is 0.339 e. The Kier molecular flexibility index (Phi) is 12.6. The van der Waals surface area contributed by atoms with E-state index in [0.717, 1.165) is 27.8 Å². The van der Waals surface area contributed by atoms with Crippen LogP contribution in [0, 0.1) is 6.92 Å².